The minimum atomic E-state index is -0.399. The van der Waals surface area contributed by atoms with Crippen LogP contribution in [0.4, 0.5) is 0 Å². The van der Waals surface area contributed by atoms with Crippen molar-refractivity contribution in [1.29, 1.82) is 0 Å². The Morgan fingerprint density at radius 1 is 1.28 bits per heavy atom. The minimum Gasteiger partial charge on any atom is -0.493 e. The largest absolute Gasteiger partial charge is 0.493 e. The Hall–Kier alpha value is -2.70. The molecule has 0 aliphatic carbocycles. The van der Waals surface area contributed by atoms with Crippen LogP contribution >= 0.6 is 0 Å². The molecule has 1 unspecified atom stereocenters. The van der Waals surface area contributed by atoms with Gasteiger partial charge in [-0.15, -0.1) is 0 Å². The lowest BCUT2D eigenvalue weighted by Crippen LogP contribution is -2.38. The highest BCUT2D eigenvalue weighted by molar-refractivity contribution is 5.96. The highest BCUT2D eigenvalue weighted by Crippen LogP contribution is 2.40. The fourth-order valence-corrected chi connectivity index (χ4v) is 3.34. The summed E-state index contributed by atoms with van der Waals surface area (Å²) in [6.45, 7) is 3.24. The van der Waals surface area contributed by atoms with Crippen LogP contribution in [0.15, 0.2) is 29.6 Å². The molecule has 134 valence electrons. The number of fused-ring (bicyclic) bond motifs is 1. The Balaban J connectivity index is 2.08. The van der Waals surface area contributed by atoms with E-state index in [1.165, 1.54) is 0 Å². The lowest BCUT2D eigenvalue weighted by molar-refractivity contribution is -0.139. The summed E-state index contributed by atoms with van der Waals surface area (Å²) in [7, 11) is 3.12. The van der Waals surface area contributed by atoms with Gasteiger partial charge in [0.05, 0.1) is 26.4 Å². The zero-order valence-electron chi connectivity index (χ0n) is 14.6. The lowest BCUT2D eigenvalue weighted by atomic mass is 9.85. The molecule has 2 heterocycles. The highest BCUT2D eigenvalue weighted by atomic mass is 16.5. The highest BCUT2D eigenvalue weighted by Gasteiger charge is 2.40. The van der Waals surface area contributed by atoms with Crippen LogP contribution in [0.1, 0.15) is 24.8 Å². The molecule has 1 aromatic carbocycles. The zero-order valence-corrected chi connectivity index (χ0v) is 14.6. The fraction of sp³-hybridized carbons (Fsp3) is 0.444. The molecule has 7 nitrogen and oxygen atoms in total. The number of rotatable bonds is 5. The number of esters is 1. The van der Waals surface area contributed by atoms with Crippen LogP contribution in [-0.4, -0.2) is 50.7 Å². The van der Waals surface area contributed by atoms with Crippen molar-refractivity contribution in [2.75, 3.05) is 33.9 Å². The van der Waals surface area contributed by atoms with Crippen molar-refractivity contribution in [1.82, 2.24) is 10.2 Å². The Bertz CT molecular complexity index is 728. The Kier molecular flexibility index (Phi) is 4.83. The molecule has 2 aliphatic heterocycles. The first kappa shape index (κ1) is 17.1. The van der Waals surface area contributed by atoms with Crippen molar-refractivity contribution in [3.8, 4) is 11.5 Å². The number of carbonyl (C=O) groups excluding carboxylic acids is 2. The van der Waals surface area contributed by atoms with E-state index in [1.54, 1.807) is 38.2 Å². The van der Waals surface area contributed by atoms with Crippen molar-refractivity contribution in [3.63, 3.8) is 0 Å². The van der Waals surface area contributed by atoms with E-state index in [-0.39, 0.29) is 24.9 Å². The molecule has 1 saturated heterocycles. The number of nitrogens with zero attached hydrogens (tertiary/aromatic N) is 1. The van der Waals surface area contributed by atoms with Gasteiger partial charge in [-0.3, -0.25) is 9.69 Å². The van der Waals surface area contributed by atoms with E-state index in [1.807, 2.05) is 6.07 Å². The predicted molar refractivity (Wildman–Crippen MR) is 90.3 cm³/mol. The smallest absolute Gasteiger partial charge is 0.338 e. The Labute approximate surface area is 146 Å². The van der Waals surface area contributed by atoms with Gasteiger partial charge in [-0.25, -0.2) is 4.79 Å². The summed E-state index contributed by atoms with van der Waals surface area (Å²) in [6, 6.07) is 5.44. The molecule has 0 saturated carbocycles. The molecular weight excluding hydrogens is 324 g/mol. The number of carbonyl (C=O) groups is 2. The monoisotopic (exact) mass is 346 g/mol. The molecule has 0 aromatic heterocycles. The van der Waals surface area contributed by atoms with Crippen LogP contribution < -0.4 is 14.8 Å². The number of hydrogen-bond acceptors (Lipinski definition) is 6. The summed E-state index contributed by atoms with van der Waals surface area (Å²) >= 11 is 0. The van der Waals surface area contributed by atoms with Crippen LogP contribution in [0.3, 0.4) is 0 Å². The number of ether oxygens (including phenoxy) is 3. The molecule has 7 heteroatoms. The normalized spacial score (nSPS) is 19.4. The number of benzene rings is 1. The van der Waals surface area contributed by atoms with Gasteiger partial charge in [0.15, 0.2) is 11.5 Å². The van der Waals surface area contributed by atoms with Crippen molar-refractivity contribution >= 4 is 11.9 Å². The Morgan fingerprint density at radius 2 is 2.04 bits per heavy atom. The molecule has 3 rings (SSSR count). The number of methoxy groups -OCH3 is 2. The maximum Gasteiger partial charge on any atom is 0.338 e. The van der Waals surface area contributed by atoms with Gasteiger partial charge in [-0.2, -0.15) is 0 Å². The Morgan fingerprint density at radius 3 is 2.72 bits per heavy atom. The van der Waals surface area contributed by atoms with Gasteiger partial charge in [0.25, 0.3) is 0 Å². The number of hydrogen-bond donors (Lipinski definition) is 1. The molecule has 0 radical (unpaired) electrons. The summed E-state index contributed by atoms with van der Waals surface area (Å²) in [4.78, 5) is 26.7. The van der Waals surface area contributed by atoms with Crippen LogP contribution in [0, 0.1) is 0 Å². The van der Waals surface area contributed by atoms with Gasteiger partial charge in [0.2, 0.25) is 5.91 Å². The van der Waals surface area contributed by atoms with E-state index in [0.29, 0.717) is 36.0 Å². The van der Waals surface area contributed by atoms with E-state index < -0.39 is 5.97 Å². The summed E-state index contributed by atoms with van der Waals surface area (Å²) in [6.07, 6.45) is 0.217. The summed E-state index contributed by atoms with van der Waals surface area (Å²) in [5, 5.41) is 3.16. The maximum absolute atomic E-state index is 12.6. The molecule has 1 fully saturated rings. The quantitative estimate of drug-likeness (QED) is 0.812. The van der Waals surface area contributed by atoms with Crippen LogP contribution in [0.25, 0.3) is 0 Å². The van der Waals surface area contributed by atoms with Crippen molar-refractivity contribution in [2.45, 2.75) is 19.3 Å². The SMILES string of the molecule is CCOC(=O)C1=C2NCCN2C(=O)CC1c1ccc(OC)c(OC)c1. The molecule has 1 amide bonds. The first-order valence-corrected chi connectivity index (χ1v) is 8.28. The lowest BCUT2D eigenvalue weighted by Gasteiger charge is -2.31. The molecule has 0 spiro atoms. The zero-order chi connectivity index (χ0) is 18.0. The number of nitrogens with one attached hydrogen (secondary N) is 1. The predicted octanol–water partition coefficient (Wildman–Crippen LogP) is 1.40. The van der Waals surface area contributed by atoms with Crippen molar-refractivity contribution < 1.29 is 23.8 Å². The topological polar surface area (TPSA) is 77.1 Å². The second kappa shape index (κ2) is 7.04. The average molecular weight is 346 g/mol. The first-order valence-electron chi connectivity index (χ1n) is 8.28. The van der Waals surface area contributed by atoms with Gasteiger partial charge in [-0.05, 0) is 24.6 Å². The molecule has 0 bridgehead atoms. The third-order valence-electron chi connectivity index (χ3n) is 4.49. The van der Waals surface area contributed by atoms with E-state index in [9.17, 15) is 9.59 Å². The standard InChI is InChI=1S/C18H22N2O5/c1-4-25-18(22)16-12(10-15(21)20-8-7-19-17(16)20)11-5-6-13(23-2)14(9-11)24-3/h5-6,9,12,19H,4,7-8,10H2,1-3H3. The van der Waals surface area contributed by atoms with Crippen LogP contribution in [-0.2, 0) is 14.3 Å². The van der Waals surface area contributed by atoms with Gasteiger partial charge in [0, 0.05) is 25.4 Å². The summed E-state index contributed by atoms with van der Waals surface area (Å²) in [5.41, 5.74) is 1.31. The van der Waals surface area contributed by atoms with Crippen molar-refractivity contribution in [2.24, 2.45) is 0 Å². The summed E-state index contributed by atoms with van der Waals surface area (Å²) < 4.78 is 15.9. The van der Waals surface area contributed by atoms with Crippen LogP contribution in [0.5, 0.6) is 11.5 Å². The first-order chi connectivity index (χ1) is 12.1. The van der Waals surface area contributed by atoms with E-state index in [4.69, 9.17) is 14.2 Å². The molecule has 2 aliphatic rings. The van der Waals surface area contributed by atoms with E-state index >= 15 is 0 Å². The summed E-state index contributed by atoms with van der Waals surface area (Å²) in [5.74, 6) is 0.927. The second-order valence-electron chi connectivity index (χ2n) is 5.83. The van der Waals surface area contributed by atoms with E-state index in [0.717, 1.165) is 5.56 Å². The van der Waals surface area contributed by atoms with Gasteiger partial charge < -0.3 is 19.5 Å². The third kappa shape index (κ3) is 3.01. The van der Waals surface area contributed by atoms with Gasteiger partial charge in [0.1, 0.15) is 5.82 Å². The van der Waals surface area contributed by atoms with Gasteiger partial charge in [-0.1, -0.05) is 6.07 Å². The van der Waals surface area contributed by atoms with Gasteiger partial charge >= 0.3 is 5.97 Å². The fourth-order valence-electron chi connectivity index (χ4n) is 3.34. The molecule has 1 atom stereocenters. The van der Waals surface area contributed by atoms with Crippen LogP contribution in [0.2, 0.25) is 0 Å². The van der Waals surface area contributed by atoms with Crippen molar-refractivity contribution in [3.05, 3.63) is 35.2 Å². The average Bonchev–Trinajstić information content (AvgIpc) is 3.11. The number of amides is 1. The molecule has 1 aromatic rings. The molecule has 1 N–H and O–H groups in total. The minimum absolute atomic E-state index is 0.00664. The molecule has 25 heavy (non-hydrogen) atoms. The molecular formula is C18H22N2O5. The third-order valence-corrected chi connectivity index (χ3v) is 4.49. The van der Waals surface area contributed by atoms with E-state index in [2.05, 4.69) is 5.32 Å². The maximum atomic E-state index is 12.6. The second-order valence-corrected chi connectivity index (χ2v) is 5.83.